The van der Waals surface area contributed by atoms with Gasteiger partial charge in [0.25, 0.3) is 0 Å². The van der Waals surface area contributed by atoms with Crippen LogP contribution < -0.4 is 15.2 Å². The van der Waals surface area contributed by atoms with Crippen LogP contribution in [0.2, 0.25) is 0 Å². The zero-order valence-corrected chi connectivity index (χ0v) is 16.7. The quantitative estimate of drug-likeness (QED) is 0.396. The van der Waals surface area contributed by atoms with E-state index in [1.807, 2.05) is 36.2 Å². The Kier molecular flexibility index (Phi) is 3.64. The van der Waals surface area contributed by atoms with Crippen molar-refractivity contribution in [3.8, 4) is 22.9 Å². The molecular formula is C23H14N2OSSi. The minimum absolute atomic E-state index is 0.480. The first-order chi connectivity index (χ1) is 13.8. The van der Waals surface area contributed by atoms with E-state index in [0.29, 0.717) is 15.4 Å². The Morgan fingerprint density at radius 1 is 0.893 bits per heavy atom. The van der Waals surface area contributed by atoms with Crippen molar-refractivity contribution in [2.75, 3.05) is 0 Å². The van der Waals surface area contributed by atoms with Gasteiger partial charge in [0.05, 0.1) is 17.2 Å². The number of benzene rings is 3. The molecular weight excluding hydrogens is 380 g/mol. The van der Waals surface area contributed by atoms with Gasteiger partial charge in [-0.3, -0.25) is 4.98 Å². The highest BCUT2D eigenvalue weighted by Gasteiger charge is 2.22. The molecule has 0 bridgehead atoms. The molecule has 132 valence electrons. The van der Waals surface area contributed by atoms with Gasteiger partial charge in [-0.15, -0.1) is 0 Å². The molecule has 0 fully saturated rings. The molecule has 0 amide bonds. The van der Waals surface area contributed by atoms with E-state index in [1.165, 1.54) is 26.1 Å². The van der Waals surface area contributed by atoms with Crippen molar-refractivity contribution in [3.63, 3.8) is 0 Å². The Bertz CT molecular complexity index is 1140. The first kappa shape index (κ1) is 16.1. The third kappa shape index (κ3) is 2.66. The summed E-state index contributed by atoms with van der Waals surface area (Å²) in [6, 6.07) is 23.3. The first-order valence-corrected chi connectivity index (χ1v) is 11.0. The highest BCUT2D eigenvalue weighted by atomic mass is 32.2. The molecule has 0 saturated carbocycles. The number of fused-ring (bicyclic) bond motifs is 4. The Morgan fingerprint density at radius 2 is 1.75 bits per heavy atom. The number of rotatable bonds is 1. The molecule has 0 N–H and O–H groups in total. The predicted octanol–water partition coefficient (Wildman–Crippen LogP) is 3.96. The molecule has 0 atom stereocenters. The second kappa shape index (κ2) is 6.33. The number of hydrogen-bond donors (Lipinski definition) is 0. The fourth-order valence-corrected chi connectivity index (χ4v) is 5.73. The molecule has 4 aromatic rings. The molecule has 3 nitrogen and oxygen atoms in total. The molecule has 2 aliphatic heterocycles. The molecule has 3 heterocycles. The van der Waals surface area contributed by atoms with E-state index in [0.717, 1.165) is 28.7 Å². The van der Waals surface area contributed by atoms with Gasteiger partial charge in [-0.1, -0.05) is 60.3 Å². The molecule has 3 aromatic carbocycles. The standard InChI is InChI=1S/C23H14N2OSSi/c1-3-7-19-15(5-1)11-16-10-9-14(12-20(16)27-19)17-13-24-23-22(25-17)26-18-6-2-4-8-21(18)28-23/h1-10,12-13H,11H2. The lowest BCUT2D eigenvalue weighted by atomic mass is 10.0. The largest absolute Gasteiger partial charge is 0.438 e. The maximum atomic E-state index is 6.03. The summed E-state index contributed by atoms with van der Waals surface area (Å²) in [4.78, 5) is 12.1. The Morgan fingerprint density at radius 3 is 2.75 bits per heavy atom. The second-order valence-electron chi connectivity index (χ2n) is 6.84. The average molecular weight is 395 g/mol. The Labute approximate surface area is 169 Å². The van der Waals surface area contributed by atoms with Crippen LogP contribution >= 0.6 is 11.8 Å². The third-order valence-corrected chi connectivity index (χ3v) is 7.50. The van der Waals surface area contributed by atoms with Crippen molar-refractivity contribution in [2.24, 2.45) is 0 Å². The monoisotopic (exact) mass is 394 g/mol. The number of nitrogens with zero attached hydrogens (tertiary/aromatic N) is 2. The molecule has 2 radical (unpaired) electrons. The van der Waals surface area contributed by atoms with Crippen LogP contribution in [0.4, 0.5) is 0 Å². The highest BCUT2D eigenvalue weighted by Crippen LogP contribution is 2.41. The van der Waals surface area contributed by atoms with Crippen molar-refractivity contribution in [2.45, 2.75) is 16.2 Å². The summed E-state index contributed by atoms with van der Waals surface area (Å²) in [6.45, 7) is 0. The van der Waals surface area contributed by atoms with Crippen molar-refractivity contribution < 1.29 is 4.74 Å². The minimum atomic E-state index is 0.480. The highest BCUT2D eigenvalue weighted by molar-refractivity contribution is 7.99. The molecule has 1 aromatic heterocycles. The molecule has 5 heteroatoms. The van der Waals surface area contributed by atoms with Crippen LogP contribution in [0.25, 0.3) is 11.3 Å². The van der Waals surface area contributed by atoms with Gasteiger partial charge < -0.3 is 4.74 Å². The lowest BCUT2D eigenvalue weighted by Crippen LogP contribution is -2.36. The van der Waals surface area contributed by atoms with Crippen LogP contribution in [0.3, 0.4) is 0 Å². The fraction of sp³-hybridized carbons (Fsp3) is 0.0435. The molecule has 28 heavy (non-hydrogen) atoms. The molecule has 0 unspecified atom stereocenters. The maximum absolute atomic E-state index is 6.03. The van der Waals surface area contributed by atoms with Gasteiger partial charge in [0.2, 0.25) is 5.88 Å². The van der Waals surface area contributed by atoms with Crippen molar-refractivity contribution in [1.82, 2.24) is 9.97 Å². The van der Waals surface area contributed by atoms with Gasteiger partial charge in [-0.25, -0.2) is 4.98 Å². The zero-order chi connectivity index (χ0) is 18.5. The number of aromatic nitrogens is 2. The van der Waals surface area contributed by atoms with Crippen LogP contribution in [0.1, 0.15) is 11.1 Å². The molecule has 6 rings (SSSR count). The Balaban J connectivity index is 1.36. The average Bonchev–Trinajstić information content (AvgIpc) is 2.75. The molecule has 2 aliphatic rings. The number of hydrogen-bond acceptors (Lipinski definition) is 4. The summed E-state index contributed by atoms with van der Waals surface area (Å²) < 4.78 is 6.03. The second-order valence-corrected chi connectivity index (χ2v) is 9.19. The number of ether oxygens (including phenoxy) is 1. The van der Waals surface area contributed by atoms with Crippen LogP contribution in [0.15, 0.2) is 82.7 Å². The third-order valence-electron chi connectivity index (χ3n) is 5.02. The van der Waals surface area contributed by atoms with E-state index in [-0.39, 0.29) is 0 Å². The van der Waals surface area contributed by atoms with Crippen LogP contribution in [0, 0.1) is 0 Å². The van der Waals surface area contributed by atoms with Crippen molar-refractivity contribution in [3.05, 3.63) is 84.1 Å². The summed E-state index contributed by atoms with van der Waals surface area (Å²) in [5.74, 6) is 1.52. The fourth-order valence-electron chi connectivity index (χ4n) is 3.59. The number of para-hydroxylation sites is 1. The van der Waals surface area contributed by atoms with Gasteiger partial charge in [0, 0.05) is 15.4 Å². The summed E-state index contributed by atoms with van der Waals surface area (Å²) in [5, 5.41) is 2.10. The van der Waals surface area contributed by atoms with E-state index in [1.54, 1.807) is 0 Å². The lowest BCUT2D eigenvalue weighted by Gasteiger charge is -2.20. The summed E-state index contributed by atoms with van der Waals surface area (Å²) in [7, 11) is 0.480. The van der Waals surface area contributed by atoms with Gasteiger partial charge in [0.15, 0.2) is 9.52 Å². The Hall–Kier alpha value is -2.89. The van der Waals surface area contributed by atoms with Gasteiger partial charge in [-0.05, 0) is 40.9 Å². The van der Waals surface area contributed by atoms with Gasteiger partial charge >= 0.3 is 0 Å². The summed E-state index contributed by atoms with van der Waals surface area (Å²) >= 11 is 1.83. The van der Waals surface area contributed by atoms with Crippen LogP contribution in [0.5, 0.6) is 11.6 Å². The van der Waals surface area contributed by atoms with E-state index in [2.05, 4.69) is 53.5 Å². The smallest absolute Gasteiger partial charge is 0.236 e. The van der Waals surface area contributed by atoms with Gasteiger partial charge in [-0.2, -0.15) is 0 Å². The van der Waals surface area contributed by atoms with Gasteiger partial charge in [0.1, 0.15) is 5.75 Å². The minimum Gasteiger partial charge on any atom is -0.438 e. The predicted molar refractivity (Wildman–Crippen MR) is 112 cm³/mol. The van der Waals surface area contributed by atoms with Crippen molar-refractivity contribution >= 4 is 31.8 Å². The summed E-state index contributed by atoms with van der Waals surface area (Å²) in [5.41, 5.74) is 4.69. The van der Waals surface area contributed by atoms with E-state index in [9.17, 15) is 0 Å². The zero-order valence-electron chi connectivity index (χ0n) is 14.8. The van der Waals surface area contributed by atoms with E-state index < -0.39 is 0 Å². The SMILES string of the molecule is c1ccc2c(c1)Cc1ccc(-c3cnc4c(n3)Oc3ccccc3[Si]4)cc1S2. The van der Waals surface area contributed by atoms with Crippen LogP contribution in [-0.4, -0.2) is 19.5 Å². The molecule has 0 aliphatic carbocycles. The van der Waals surface area contributed by atoms with Crippen molar-refractivity contribution in [1.29, 1.82) is 0 Å². The van der Waals surface area contributed by atoms with Crippen LogP contribution in [-0.2, 0) is 6.42 Å². The lowest BCUT2D eigenvalue weighted by molar-refractivity contribution is 0.466. The van der Waals surface area contributed by atoms with E-state index >= 15 is 0 Å². The first-order valence-electron chi connectivity index (χ1n) is 9.13. The normalized spacial score (nSPS) is 13.6. The molecule has 0 saturated heterocycles. The summed E-state index contributed by atoms with van der Waals surface area (Å²) in [6.07, 6.45) is 2.85. The van der Waals surface area contributed by atoms with E-state index in [4.69, 9.17) is 9.72 Å². The molecule has 0 spiro atoms. The maximum Gasteiger partial charge on any atom is 0.236 e. The topological polar surface area (TPSA) is 35.0 Å².